The Balaban J connectivity index is 1.72. The summed E-state index contributed by atoms with van der Waals surface area (Å²) in [4.78, 5) is 16.0. The fourth-order valence-corrected chi connectivity index (χ4v) is 4.14. The summed E-state index contributed by atoms with van der Waals surface area (Å²) >= 11 is 12.2. The van der Waals surface area contributed by atoms with Crippen LogP contribution in [0.2, 0.25) is 10.0 Å². The molecular weight excluding hydrogens is 447 g/mol. The van der Waals surface area contributed by atoms with Gasteiger partial charge in [-0.1, -0.05) is 47.5 Å². The van der Waals surface area contributed by atoms with Gasteiger partial charge in [-0.2, -0.15) is 0 Å². The van der Waals surface area contributed by atoms with E-state index in [-0.39, 0.29) is 16.7 Å². The molecule has 0 unspecified atom stereocenters. The molecule has 3 aromatic carbocycles. The molecule has 4 rings (SSSR count). The van der Waals surface area contributed by atoms with Crippen molar-refractivity contribution in [1.29, 1.82) is 0 Å². The molecule has 1 N–H and O–H groups in total. The Morgan fingerprint density at radius 1 is 0.875 bits per heavy atom. The lowest BCUT2D eigenvalue weighted by atomic mass is 9.98. The third-order valence-electron chi connectivity index (χ3n) is 5.75. The average molecular weight is 471 g/mol. The SMILES string of the molecule is CN1CCN(c2ccc([N+](=O)[O-])c(NC(c3ccc(Cl)cc3)c3ccc(Cl)cc3)c2)CC1. The molecule has 0 saturated carbocycles. The van der Waals surface area contributed by atoms with Crippen LogP contribution in [-0.2, 0) is 0 Å². The largest absolute Gasteiger partial charge is 0.369 e. The molecule has 1 fully saturated rings. The van der Waals surface area contributed by atoms with Crippen LogP contribution < -0.4 is 10.2 Å². The maximum atomic E-state index is 11.8. The van der Waals surface area contributed by atoms with Crippen molar-refractivity contribution in [3.8, 4) is 0 Å². The second kappa shape index (κ2) is 9.77. The van der Waals surface area contributed by atoms with Crippen molar-refractivity contribution in [2.45, 2.75) is 6.04 Å². The highest BCUT2D eigenvalue weighted by atomic mass is 35.5. The second-order valence-electron chi connectivity index (χ2n) is 7.93. The van der Waals surface area contributed by atoms with Crippen LogP contribution in [0.1, 0.15) is 17.2 Å². The molecule has 0 amide bonds. The normalized spacial score (nSPS) is 14.6. The van der Waals surface area contributed by atoms with Crippen LogP contribution in [0.3, 0.4) is 0 Å². The van der Waals surface area contributed by atoms with Gasteiger partial charge in [-0.05, 0) is 54.6 Å². The van der Waals surface area contributed by atoms with Crippen molar-refractivity contribution in [2.24, 2.45) is 0 Å². The first-order valence-electron chi connectivity index (χ1n) is 10.4. The molecule has 0 atom stereocenters. The summed E-state index contributed by atoms with van der Waals surface area (Å²) in [5, 5.41) is 16.5. The fourth-order valence-electron chi connectivity index (χ4n) is 3.89. The van der Waals surface area contributed by atoms with Crippen LogP contribution in [0.4, 0.5) is 17.1 Å². The third-order valence-corrected chi connectivity index (χ3v) is 6.26. The smallest absolute Gasteiger partial charge is 0.292 e. The number of anilines is 2. The first-order valence-corrected chi connectivity index (χ1v) is 11.2. The molecule has 0 aliphatic carbocycles. The number of hydrogen-bond acceptors (Lipinski definition) is 5. The van der Waals surface area contributed by atoms with E-state index in [1.54, 1.807) is 6.07 Å². The van der Waals surface area contributed by atoms with E-state index < -0.39 is 0 Å². The van der Waals surface area contributed by atoms with E-state index >= 15 is 0 Å². The Hall–Kier alpha value is -2.80. The topological polar surface area (TPSA) is 61.7 Å². The summed E-state index contributed by atoms with van der Waals surface area (Å²) in [5.74, 6) is 0. The van der Waals surface area contributed by atoms with Gasteiger partial charge in [0.05, 0.1) is 11.0 Å². The van der Waals surface area contributed by atoms with Crippen LogP contribution in [0, 0.1) is 10.1 Å². The second-order valence-corrected chi connectivity index (χ2v) is 8.80. The van der Waals surface area contributed by atoms with Gasteiger partial charge in [0.2, 0.25) is 0 Å². The van der Waals surface area contributed by atoms with E-state index in [1.165, 1.54) is 0 Å². The summed E-state index contributed by atoms with van der Waals surface area (Å²) in [6, 6.07) is 19.9. The van der Waals surface area contributed by atoms with Crippen molar-refractivity contribution in [3.05, 3.63) is 98.0 Å². The van der Waals surface area contributed by atoms with E-state index in [9.17, 15) is 10.1 Å². The Bertz CT molecular complexity index is 1040. The van der Waals surface area contributed by atoms with E-state index in [4.69, 9.17) is 23.2 Å². The molecule has 0 aromatic heterocycles. The van der Waals surface area contributed by atoms with E-state index in [2.05, 4.69) is 22.2 Å². The standard InChI is InChI=1S/C24H24Cl2N4O2/c1-28-12-14-29(15-13-28)21-10-11-23(30(31)32)22(16-21)27-24(17-2-6-19(25)7-3-17)18-4-8-20(26)9-5-18/h2-11,16,24,27H,12-15H2,1H3. The van der Waals surface area contributed by atoms with Crippen LogP contribution >= 0.6 is 23.2 Å². The molecule has 1 aliphatic rings. The molecule has 32 heavy (non-hydrogen) atoms. The summed E-state index contributed by atoms with van der Waals surface area (Å²) in [7, 11) is 2.10. The van der Waals surface area contributed by atoms with Crippen molar-refractivity contribution in [1.82, 2.24) is 4.90 Å². The van der Waals surface area contributed by atoms with Crippen molar-refractivity contribution < 1.29 is 4.92 Å². The van der Waals surface area contributed by atoms with Gasteiger partial charge in [0, 0.05) is 48.0 Å². The van der Waals surface area contributed by atoms with Gasteiger partial charge in [-0.25, -0.2) is 0 Å². The lowest BCUT2D eigenvalue weighted by Gasteiger charge is -2.34. The van der Waals surface area contributed by atoms with Crippen LogP contribution in [0.25, 0.3) is 0 Å². The van der Waals surface area contributed by atoms with E-state index in [0.29, 0.717) is 15.7 Å². The maximum Gasteiger partial charge on any atom is 0.292 e. The number of nitro groups is 1. The summed E-state index contributed by atoms with van der Waals surface area (Å²) in [6.45, 7) is 3.67. The molecule has 3 aromatic rings. The molecule has 166 valence electrons. The van der Waals surface area contributed by atoms with Gasteiger partial charge in [-0.3, -0.25) is 10.1 Å². The first kappa shape index (κ1) is 22.4. The fraction of sp³-hybridized carbons (Fsp3) is 0.250. The highest BCUT2D eigenvalue weighted by Gasteiger charge is 2.23. The Morgan fingerprint density at radius 2 is 1.41 bits per heavy atom. The molecule has 0 spiro atoms. The minimum atomic E-state index is -0.350. The van der Waals surface area contributed by atoms with Gasteiger partial charge in [0.1, 0.15) is 5.69 Å². The van der Waals surface area contributed by atoms with Gasteiger partial charge in [0.25, 0.3) is 5.69 Å². The lowest BCUT2D eigenvalue weighted by Crippen LogP contribution is -2.44. The van der Waals surface area contributed by atoms with E-state index in [0.717, 1.165) is 43.0 Å². The molecule has 1 saturated heterocycles. The van der Waals surface area contributed by atoms with Gasteiger partial charge >= 0.3 is 0 Å². The molecule has 1 heterocycles. The minimum Gasteiger partial charge on any atom is -0.369 e. The number of nitrogens with one attached hydrogen (secondary N) is 1. The summed E-state index contributed by atoms with van der Waals surface area (Å²) in [5.41, 5.74) is 3.36. The number of nitro benzene ring substituents is 1. The summed E-state index contributed by atoms with van der Waals surface area (Å²) in [6.07, 6.45) is 0. The monoisotopic (exact) mass is 470 g/mol. The quantitative estimate of drug-likeness (QED) is 0.361. The number of halogens is 2. The zero-order valence-electron chi connectivity index (χ0n) is 17.7. The number of rotatable bonds is 6. The predicted octanol–water partition coefficient (Wildman–Crippen LogP) is 5.85. The number of hydrogen-bond donors (Lipinski definition) is 1. The number of nitrogens with zero attached hydrogens (tertiary/aromatic N) is 3. The summed E-state index contributed by atoms with van der Waals surface area (Å²) < 4.78 is 0. The number of piperazine rings is 1. The minimum absolute atomic E-state index is 0.0378. The van der Waals surface area contributed by atoms with Gasteiger partial charge in [0.15, 0.2) is 0 Å². The highest BCUT2D eigenvalue weighted by molar-refractivity contribution is 6.30. The Morgan fingerprint density at radius 3 is 1.91 bits per heavy atom. The van der Waals surface area contributed by atoms with Crippen molar-refractivity contribution in [3.63, 3.8) is 0 Å². The molecular formula is C24H24Cl2N4O2. The van der Waals surface area contributed by atoms with Gasteiger partial charge < -0.3 is 15.1 Å². The third kappa shape index (κ3) is 5.15. The maximum absolute atomic E-state index is 11.8. The average Bonchev–Trinajstić information content (AvgIpc) is 2.79. The van der Waals surface area contributed by atoms with Crippen LogP contribution in [0.15, 0.2) is 66.7 Å². The number of benzene rings is 3. The van der Waals surface area contributed by atoms with Gasteiger partial charge in [-0.15, -0.1) is 0 Å². The zero-order chi connectivity index (χ0) is 22.7. The van der Waals surface area contributed by atoms with Crippen LogP contribution in [0.5, 0.6) is 0 Å². The van der Waals surface area contributed by atoms with Crippen molar-refractivity contribution >= 4 is 40.3 Å². The van der Waals surface area contributed by atoms with Crippen LogP contribution in [-0.4, -0.2) is 43.0 Å². The molecule has 6 nitrogen and oxygen atoms in total. The predicted molar refractivity (Wildman–Crippen MR) is 131 cm³/mol. The molecule has 0 radical (unpaired) electrons. The zero-order valence-corrected chi connectivity index (χ0v) is 19.2. The molecule has 8 heteroatoms. The molecule has 1 aliphatic heterocycles. The molecule has 0 bridgehead atoms. The lowest BCUT2D eigenvalue weighted by molar-refractivity contribution is -0.384. The van der Waals surface area contributed by atoms with E-state index in [1.807, 2.05) is 60.7 Å². The number of likely N-dealkylation sites (N-methyl/N-ethyl adjacent to an activating group) is 1. The first-order chi connectivity index (χ1) is 15.4. The highest BCUT2D eigenvalue weighted by Crippen LogP contribution is 2.35. The Kier molecular flexibility index (Phi) is 6.84. The van der Waals surface area contributed by atoms with Crippen molar-refractivity contribution in [2.75, 3.05) is 43.4 Å². The Labute approximate surface area is 197 Å².